The molecule has 0 atom stereocenters. The minimum absolute atomic E-state index is 0.101. The van der Waals surface area contributed by atoms with E-state index in [0.717, 1.165) is 5.56 Å². The molecule has 5 nitrogen and oxygen atoms in total. The molecule has 0 aliphatic rings. The number of nitrogens with zero attached hydrogens (tertiary/aromatic N) is 2. The van der Waals surface area contributed by atoms with Gasteiger partial charge in [0.05, 0.1) is 17.9 Å². The van der Waals surface area contributed by atoms with Gasteiger partial charge in [0.25, 0.3) is 0 Å². The maximum absolute atomic E-state index is 13.2. The summed E-state index contributed by atoms with van der Waals surface area (Å²) in [6, 6.07) is 6.15. The highest BCUT2D eigenvalue weighted by atomic mass is 32.2. The summed E-state index contributed by atoms with van der Waals surface area (Å²) in [5, 5.41) is 9.63. The first-order chi connectivity index (χ1) is 9.86. The van der Waals surface area contributed by atoms with Gasteiger partial charge in [0.2, 0.25) is 10.0 Å². The molecule has 0 spiro atoms. The highest BCUT2D eigenvalue weighted by Crippen LogP contribution is 2.21. The average Bonchev–Trinajstić information content (AvgIpc) is 2.76. The van der Waals surface area contributed by atoms with Crippen molar-refractivity contribution in [1.29, 1.82) is 0 Å². The summed E-state index contributed by atoms with van der Waals surface area (Å²) in [6.45, 7) is 3.97. The fraction of sp³-hybridized carbons (Fsp3) is 0.357. The number of aromatic nitrogens is 2. The zero-order valence-electron chi connectivity index (χ0n) is 12.0. The van der Waals surface area contributed by atoms with E-state index in [4.69, 9.17) is 5.14 Å². The molecule has 2 rings (SSSR count). The highest BCUT2D eigenvalue weighted by molar-refractivity contribution is 7.89. The molecule has 0 aliphatic carbocycles. The second-order valence-electron chi connectivity index (χ2n) is 4.76. The first-order valence-corrected chi connectivity index (χ1v) is 8.27. The minimum Gasteiger partial charge on any atom is -0.263 e. The van der Waals surface area contributed by atoms with Gasteiger partial charge >= 0.3 is 0 Å². The van der Waals surface area contributed by atoms with Gasteiger partial charge in [-0.3, -0.25) is 4.68 Å². The third kappa shape index (κ3) is 3.30. The second-order valence-corrected chi connectivity index (χ2v) is 6.26. The zero-order chi connectivity index (χ0) is 15.6. The predicted octanol–water partition coefficient (Wildman–Crippen LogP) is 1.84. The van der Waals surface area contributed by atoms with Crippen LogP contribution in [0.15, 0.2) is 29.2 Å². The van der Waals surface area contributed by atoms with E-state index in [1.54, 1.807) is 16.8 Å². The van der Waals surface area contributed by atoms with E-state index >= 15 is 0 Å². The molecule has 0 unspecified atom stereocenters. The number of hydrogen-bond donors (Lipinski definition) is 1. The fourth-order valence-corrected chi connectivity index (χ4v) is 3.47. The van der Waals surface area contributed by atoms with E-state index in [2.05, 4.69) is 5.10 Å². The van der Waals surface area contributed by atoms with Crippen LogP contribution in [-0.2, 0) is 29.4 Å². The topological polar surface area (TPSA) is 78.0 Å². The van der Waals surface area contributed by atoms with Crippen molar-refractivity contribution in [3.05, 3.63) is 47.0 Å². The van der Waals surface area contributed by atoms with Gasteiger partial charge in [0.1, 0.15) is 10.7 Å². The summed E-state index contributed by atoms with van der Waals surface area (Å²) in [6.07, 6.45) is 0.947. The standard InChI is InChI=1S/C14H18FN3O2S/c1-3-12-14(21(16,19)20)13(4-2)18(17-12)9-10-6-5-7-11(15)8-10/h5-8H,3-4,9H2,1-2H3,(H2,16,19,20). The molecule has 0 saturated carbocycles. The third-order valence-corrected chi connectivity index (χ3v) is 4.29. The number of hydrogen-bond acceptors (Lipinski definition) is 3. The Hall–Kier alpha value is -1.73. The second kappa shape index (κ2) is 5.95. The Morgan fingerprint density at radius 1 is 1.29 bits per heavy atom. The smallest absolute Gasteiger partial charge is 0.241 e. The molecule has 0 saturated heterocycles. The monoisotopic (exact) mass is 311 g/mol. The van der Waals surface area contributed by atoms with Gasteiger partial charge in [0, 0.05) is 0 Å². The summed E-state index contributed by atoms with van der Waals surface area (Å²) in [5.41, 5.74) is 1.72. The van der Waals surface area contributed by atoms with Crippen LogP contribution in [0.25, 0.3) is 0 Å². The highest BCUT2D eigenvalue weighted by Gasteiger charge is 2.24. The van der Waals surface area contributed by atoms with E-state index in [9.17, 15) is 12.8 Å². The number of sulfonamides is 1. The maximum atomic E-state index is 13.2. The van der Waals surface area contributed by atoms with E-state index in [-0.39, 0.29) is 10.7 Å². The molecule has 0 radical (unpaired) electrons. The molecule has 0 aliphatic heterocycles. The van der Waals surface area contributed by atoms with Gasteiger partial charge in [0.15, 0.2) is 0 Å². The van der Waals surface area contributed by atoms with Gasteiger partial charge < -0.3 is 0 Å². The van der Waals surface area contributed by atoms with E-state index in [1.165, 1.54) is 12.1 Å². The number of rotatable bonds is 5. The molecule has 0 bridgehead atoms. The van der Waals surface area contributed by atoms with Crippen molar-refractivity contribution >= 4 is 10.0 Å². The van der Waals surface area contributed by atoms with Gasteiger partial charge in [-0.05, 0) is 30.5 Å². The van der Waals surface area contributed by atoms with Crippen LogP contribution in [0.2, 0.25) is 0 Å². The van der Waals surface area contributed by atoms with Crippen molar-refractivity contribution in [3.63, 3.8) is 0 Å². The third-order valence-electron chi connectivity index (χ3n) is 3.25. The SMILES string of the molecule is CCc1nn(Cc2cccc(F)c2)c(CC)c1S(N)(=O)=O. The Morgan fingerprint density at radius 2 is 2.00 bits per heavy atom. The maximum Gasteiger partial charge on any atom is 0.241 e. The van der Waals surface area contributed by atoms with Crippen molar-refractivity contribution in [3.8, 4) is 0 Å². The Bertz CT molecular complexity index is 754. The van der Waals surface area contributed by atoms with E-state index in [1.807, 2.05) is 13.8 Å². The molecule has 7 heteroatoms. The van der Waals surface area contributed by atoms with Crippen LogP contribution in [0.1, 0.15) is 30.8 Å². The molecule has 1 heterocycles. The lowest BCUT2D eigenvalue weighted by Gasteiger charge is -2.07. The molecule has 1 aromatic carbocycles. The lowest BCUT2D eigenvalue weighted by atomic mass is 10.2. The number of halogens is 1. The Balaban J connectivity index is 2.52. The Morgan fingerprint density at radius 3 is 2.52 bits per heavy atom. The van der Waals surface area contributed by atoms with Crippen LogP contribution in [0.4, 0.5) is 4.39 Å². The van der Waals surface area contributed by atoms with Crippen LogP contribution in [0.5, 0.6) is 0 Å². The summed E-state index contributed by atoms with van der Waals surface area (Å²) in [4.78, 5) is 0.101. The largest absolute Gasteiger partial charge is 0.263 e. The van der Waals surface area contributed by atoms with E-state index < -0.39 is 10.0 Å². The fourth-order valence-electron chi connectivity index (χ4n) is 2.38. The van der Waals surface area contributed by atoms with Crippen LogP contribution in [-0.4, -0.2) is 18.2 Å². The quantitative estimate of drug-likeness (QED) is 0.915. The molecule has 1 aromatic heterocycles. The summed E-state index contributed by atoms with van der Waals surface area (Å²) in [7, 11) is -3.83. The minimum atomic E-state index is -3.83. The van der Waals surface area contributed by atoms with Crippen LogP contribution >= 0.6 is 0 Å². The van der Waals surface area contributed by atoms with Gasteiger partial charge in [-0.15, -0.1) is 0 Å². The lowest BCUT2D eigenvalue weighted by molar-refractivity contribution is 0.593. The number of benzene rings is 1. The number of aryl methyl sites for hydroxylation is 1. The summed E-state index contributed by atoms with van der Waals surface area (Å²) < 4.78 is 38.4. The van der Waals surface area contributed by atoms with Crippen molar-refractivity contribution < 1.29 is 12.8 Å². The van der Waals surface area contributed by atoms with Gasteiger partial charge in [-0.2, -0.15) is 5.10 Å². The summed E-state index contributed by atoms with van der Waals surface area (Å²) >= 11 is 0. The average molecular weight is 311 g/mol. The molecule has 21 heavy (non-hydrogen) atoms. The number of nitrogens with two attached hydrogens (primary N) is 1. The number of primary sulfonamides is 1. The molecule has 2 N–H and O–H groups in total. The van der Waals surface area contributed by atoms with E-state index in [0.29, 0.717) is 30.8 Å². The van der Waals surface area contributed by atoms with Crippen LogP contribution in [0.3, 0.4) is 0 Å². The zero-order valence-corrected chi connectivity index (χ0v) is 12.8. The molecule has 2 aromatic rings. The molecule has 114 valence electrons. The molecular weight excluding hydrogens is 293 g/mol. The molecular formula is C14H18FN3O2S. The lowest BCUT2D eigenvalue weighted by Crippen LogP contribution is -2.16. The van der Waals surface area contributed by atoms with Gasteiger partial charge in [-0.25, -0.2) is 17.9 Å². The summed E-state index contributed by atoms with van der Waals surface area (Å²) in [5.74, 6) is -0.333. The van der Waals surface area contributed by atoms with Crippen molar-refractivity contribution in [1.82, 2.24) is 9.78 Å². The first kappa shape index (κ1) is 15.7. The molecule has 0 fully saturated rings. The normalized spacial score (nSPS) is 11.8. The predicted molar refractivity (Wildman–Crippen MR) is 77.9 cm³/mol. The van der Waals surface area contributed by atoms with Crippen molar-refractivity contribution in [2.75, 3.05) is 0 Å². The van der Waals surface area contributed by atoms with Gasteiger partial charge in [-0.1, -0.05) is 26.0 Å². The van der Waals surface area contributed by atoms with Crippen LogP contribution in [0, 0.1) is 5.82 Å². The Labute approximate surface area is 123 Å². The van der Waals surface area contributed by atoms with Crippen molar-refractivity contribution in [2.24, 2.45) is 5.14 Å². The van der Waals surface area contributed by atoms with Crippen LogP contribution < -0.4 is 5.14 Å². The van der Waals surface area contributed by atoms with Crippen molar-refractivity contribution in [2.45, 2.75) is 38.1 Å². The first-order valence-electron chi connectivity index (χ1n) is 6.72. The Kier molecular flexibility index (Phi) is 4.43. The molecule has 0 amide bonds.